The molecular formula is C20H25N3O4. The predicted octanol–water partition coefficient (Wildman–Crippen LogP) is 3.68. The van der Waals surface area contributed by atoms with Crippen LogP contribution in [0.15, 0.2) is 36.4 Å². The van der Waals surface area contributed by atoms with E-state index < -0.39 is 4.92 Å². The Hall–Kier alpha value is -2.93. The first kappa shape index (κ1) is 20.4. The van der Waals surface area contributed by atoms with Gasteiger partial charge in [0.05, 0.1) is 12.0 Å². The van der Waals surface area contributed by atoms with E-state index in [1.54, 1.807) is 19.2 Å². The molecular weight excluding hydrogens is 346 g/mol. The van der Waals surface area contributed by atoms with E-state index in [0.29, 0.717) is 18.7 Å². The Morgan fingerprint density at radius 2 is 1.89 bits per heavy atom. The van der Waals surface area contributed by atoms with Crippen molar-refractivity contribution in [2.45, 2.75) is 26.8 Å². The molecule has 2 aromatic rings. The first-order valence-corrected chi connectivity index (χ1v) is 8.67. The third-order valence-electron chi connectivity index (χ3n) is 4.24. The lowest BCUT2D eigenvalue weighted by Gasteiger charge is -2.18. The zero-order chi connectivity index (χ0) is 20.0. The highest BCUT2D eigenvalue weighted by Crippen LogP contribution is 2.24. The minimum Gasteiger partial charge on any atom is -0.496 e. The average Bonchev–Trinajstić information content (AvgIpc) is 2.60. The second-order valence-electron chi connectivity index (χ2n) is 6.61. The van der Waals surface area contributed by atoms with Gasteiger partial charge in [0.25, 0.3) is 5.69 Å². The van der Waals surface area contributed by atoms with Crippen molar-refractivity contribution in [2.75, 3.05) is 26.0 Å². The number of rotatable bonds is 8. The van der Waals surface area contributed by atoms with E-state index in [4.69, 9.17) is 4.74 Å². The van der Waals surface area contributed by atoms with Gasteiger partial charge in [0.15, 0.2) is 0 Å². The molecule has 0 fully saturated rings. The number of anilines is 1. The lowest BCUT2D eigenvalue weighted by molar-refractivity contribution is -0.384. The lowest BCUT2D eigenvalue weighted by Crippen LogP contribution is -2.24. The number of non-ortho nitro benzene ring substituents is 1. The number of nitro benzene ring substituents is 1. The number of amides is 1. The topological polar surface area (TPSA) is 84.7 Å². The summed E-state index contributed by atoms with van der Waals surface area (Å²) in [5.41, 5.74) is 3.72. The van der Waals surface area contributed by atoms with Crippen LogP contribution in [-0.2, 0) is 11.3 Å². The Kier molecular flexibility index (Phi) is 6.90. The van der Waals surface area contributed by atoms with E-state index in [9.17, 15) is 14.9 Å². The Balaban J connectivity index is 1.88. The molecule has 0 atom stereocenters. The summed E-state index contributed by atoms with van der Waals surface area (Å²) in [7, 11) is 3.62. The number of nitrogens with one attached hydrogen (secondary N) is 1. The minimum atomic E-state index is -0.484. The van der Waals surface area contributed by atoms with Crippen molar-refractivity contribution in [1.29, 1.82) is 0 Å². The molecule has 2 aromatic carbocycles. The van der Waals surface area contributed by atoms with Gasteiger partial charge < -0.3 is 15.0 Å². The van der Waals surface area contributed by atoms with Crippen molar-refractivity contribution >= 4 is 17.3 Å². The normalized spacial score (nSPS) is 10.7. The van der Waals surface area contributed by atoms with Crippen molar-refractivity contribution in [3.8, 4) is 5.75 Å². The second-order valence-corrected chi connectivity index (χ2v) is 6.61. The summed E-state index contributed by atoms with van der Waals surface area (Å²) in [5, 5.41) is 13.5. The zero-order valence-corrected chi connectivity index (χ0v) is 16.1. The minimum absolute atomic E-state index is 0.0461. The van der Waals surface area contributed by atoms with Gasteiger partial charge in [0, 0.05) is 37.3 Å². The van der Waals surface area contributed by atoms with Gasteiger partial charge in [0.2, 0.25) is 5.91 Å². The largest absolute Gasteiger partial charge is 0.496 e. The van der Waals surface area contributed by atoms with Crippen LogP contribution in [0.3, 0.4) is 0 Å². The maximum absolute atomic E-state index is 12.1. The van der Waals surface area contributed by atoms with Gasteiger partial charge in [0.1, 0.15) is 5.75 Å². The van der Waals surface area contributed by atoms with Crippen molar-refractivity contribution in [3.05, 3.63) is 63.2 Å². The molecule has 1 amide bonds. The molecule has 0 unspecified atom stereocenters. The molecule has 0 saturated carbocycles. The van der Waals surface area contributed by atoms with Crippen LogP contribution in [-0.4, -0.2) is 36.4 Å². The smallest absolute Gasteiger partial charge is 0.271 e. The van der Waals surface area contributed by atoms with Crippen LogP contribution >= 0.6 is 0 Å². The molecule has 0 heterocycles. The molecule has 0 aromatic heterocycles. The fraction of sp³-hybridized carbons (Fsp3) is 0.350. The molecule has 1 N–H and O–H groups in total. The van der Waals surface area contributed by atoms with E-state index in [0.717, 1.165) is 29.0 Å². The predicted molar refractivity (Wildman–Crippen MR) is 105 cm³/mol. The molecule has 2 rings (SSSR count). The fourth-order valence-corrected chi connectivity index (χ4v) is 3.06. The van der Waals surface area contributed by atoms with Gasteiger partial charge in [-0.25, -0.2) is 0 Å². The van der Waals surface area contributed by atoms with Crippen molar-refractivity contribution in [3.63, 3.8) is 0 Å². The molecule has 144 valence electrons. The Bertz CT molecular complexity index is 813. The maximum Gasteiger partial charge on any atom is 0.271 e. The standard InChI is InChI=1S/C20H25N3O4/c1-14-10-16(11-15(2)20(14)27-4)13-22(3)9-8-19(24)21-17-6-5-7-18(12-17)23(25)26/h5-7,10-12H,8-9,13H2,1-4H3,(H,21,24). The van der Waals surface area contributed by atoms with E-state index in [1.165, 1.54) is 12.1 Å². The fourth-order valence-electron chi connectivity index (χ4n) is 3.06. The Labute approximate surface area is 159 Å². The number of ether oxygens (including phenoxy) is 1. The molecule has 0 spiro atoms. The van der Waals surface area contributed by atoms with E-state index >= 15 is 0 Å². The number of benzene rings is 2. The SMILES string of the molecule is COc1c(C)cc(CN(C)CCC(=O)Nc2cccc([N+](=O)[O-])c2)cc1C. The summed E-state index contributed by atoms with van der Waals surface area (Å²) in [5.74, 6) is 0.724. The highest BCUT2D eigenvalue weighted by atomic mass is 16.6. The average molecular weight is 371 g/mol. The monoisotopic (exact) mass is 371 g/mol. The number of hydrogen-bond donors (Lipinski definition) is 1. The first-order chi connectivity index (χ1) is 12.8. The molecule has 0 saturated heterocycles. The Morgan fingerprint density at radius 3 is 2.48 bits per heavy atom. The van der Waals surface area contributed by atoms with E-state index in [2.05, 4.69) is 22.3 Å². The van der Waals surface area contributed by atoms with Crippen molar-refractivity contribution in [1.82, 2.24) is 4.90 Å². The van der Waals surface area contributed by atoms with Gasteiger partial charge in [-0.15, -0.1) is 0 Å². The highest BCUT2D eigenvalue weighted by molar-refractivity contribution is 5.91. The van der Waals surface area contributed by atoms with Crippen LogP contribution in [0.1, 0.15) is 23.1 Å². The Morgan fingerprint density at radius 1 is 1.22 bits per heavy atom. The summed E-state index contributed by atoms with van der Waals surface area (Å²) in [6, 6.07) is 10.1. The third kappa shape index (κ3) is 5.79. The van der Waals surface area contributed by atoms with Crippen LogP contribution in [0.25, 0.3) is 0 Å². The molecule has 0 aliphatic heterocycles. The highest BCUT2D eigenvalue weighted by Gasteiger charge is 2.11. The van der Waals surface area contributed by atoms with Crippen molar-refractivity contribution < 1.29 is 14.5 Å². The van der Waals surface area contributed by atoms with E-state index in [1.807, 2.05) is 20.9 Å². The van der Waals surface area contributed by atoms with Crippen LogP contribution in [0.5, 0.6) is 5.75 Å². The van der Waals surface area contributed by atoms with Gasteiger partial charge in [-0.1, -0.05) is 18.2 Å². The number of carbonyl (C=O) groups excluding carboxylic acids is 1. The zero-order valence-electron chi connectivity index (χ0n) is 16.1. The second kappa shape index (κ2) is 9.14. The van der Waals surface area contributed by atoms with E-state index in [-0.39, 0.29) is 11.6 Å². The van der Waals surface area contributed by atoms with Crippen molar-refractivity contribution in [2.24, 2.45) is 0 Å². The van der Waals surface area contributed by atoms with Crippen LogP contribution in [0.4, 0.5) is 11.4 Å². The number of nitro groups is 1. The van der Waals surface area contributed by atoms with Crippen LogP contribution < -0.4 is 10.1 Å². The molecule has 0 aliphatic carbocycles. The molecule has 27 heavy (non-hydrogen) atoms. The molecule has 7 heteroatoms. The first-order valence-electron chi connectivity index (χ1n) is 8.67. The van der Waals surface area contributed by atoms with Gasteiger partial charge in [-0.3, -0.25) is 14.9 Å². The van der Waals surface area contributed by atoms with Gasteiger partial charge in [-0.05, 0) is 43.7 Å². The van der Waals surface area contributed by atoms with Gasteiger partial charge in [-0.2, -0.15) is 0 Å². The number of hydrogen-bond acceptors (Lipinski definition) is 5. The number of aryl methyl sites for hydroxylation is 2. The maximum atomic E-state index is 12.1. The number of methoxy groups -OCH3 is 1. The summed E-state index contributed by atoms with van der Waals surface area (Å²) >= 11 is 0. The summed E-state index contributed by atoms with van der Waals surface area (Å²) in [4.78, 5) is 24.5. The molecule has 0 radical (unpaired) electrons. The van der Waals surface area contributed by atoms with Crippen LogP contribution in [0, 0.1) is 24.0 Å². The lowest BCUT2D eigenvalue weighted by atomic mass is 10.1. The summed E-state index contributed by atoms with van der Waals surface area (Å²) in [6.07, 6.45) is 0.299. The molecule has 0 aliphatic rings. The van der Waals surface area contributed by atoms with Crippen LogP contribution in [0.2, 0.25) is 0 Å². The van der Waals surface area contributed by atoms with Gasteiger partial charge >= 0.3 is 0 Å². The number of nitrogens with zero attached hydrogens (tertiary/aromatic N) is 2. The molecule has 0 bridgehead atoms. The third-order valence-corrected chi connectivity index (χ3v) is 4.24. The molecule has 7 nitrogen and oxygen atoms in total. The summed E-state index contributed by atoms with van der Waals surface area (Å²) < 4.78 is 5.39. The quantitative estimate of drug-likeness (QED) is 0.565. The number of carbonyl (C=O) groups is 1. The summed E-state index contributed by atoms with van der Waals surface area (Å²) in [6.45, 7) is 5.32.